The molecule has 0 aliphatic rings. The molecule has 2 aromatic rings. The minimum Gasteiger partial charge on any atom is -0.480 e. The molecule has 27 heavy (non-hydrogen) atoms. The fourth-order valence-corrected chi connectivity index (χ4v) is 2.27. The zero-order chi connectivity index (χ0) is 19.8. The Hall–Kier alpha value is -3.38. The maximum atomic E-state index is 12.3. The van der Waals surface area contributed by atoms with Gasteiger partial charge in [0, 0.05) is 26.1 Å². The van der Waals surface area contributed by atoms with Gasteiger partial charge >= 0.3 is 11.8 Å². The van der Waals surface area contributed by atoms with Gasteiger partial charge in [-0.15, -0.1) is 0 Å². The van der Waals surface area contributed by atoms with Crippen LogP contribution in [-0.4, -0.2) is 56.0 Å². The third-order valence-corrected chi connectivity index (χ3v) is 3.55. The highest BCUT2D eigenvalue weighted by atomic mass is 16.6. The molecule has 1 unspecified atom stereocenters. The van der Waals surface area contributed by atoms with Crippen molar-refractivity contribution in [2.45, 2.75) is 19.0 Å². The summed E-state index contributed by atoms with van der Waals surface area (Å²) in [7, 11) is 0. The number of nitro groups is 1. The molecule has 12 heteroatoms. The van der Waals surface area contributed by atoms with Gasteiger partial charge in [-0.3, -0.25) is 4.79 Å². The Morgan fingerprint density at radius 1 is 1.41 bits per heavy atom. The quantitative estimate of drug-likeness (QED) is 0.200. The molecule has 1 amide bonds. The lowest BCUT2D eigenvalue weighted by molar-refractivity contribution is -0.390. The van der Waals surface area contributed by atoms with Crippen LogP contribution in [0, 0.1) is 10.1 Å². The number of rotatable bonds is 10. The van der Waals surface area contributed by atoms with Gasteiger partial charge in [-0.2, -0.15) is 0 Å². The van der Waals surface area contributed by atoms with Crippen molar-refractivity contribution in [2.24, 2.45) is 5.73 Å². The molecular formula is C15H19N7O5. The summed E-state index contributed by atoms with van der Waals surface area (Å²) in [4.78, 5) is 44.2. The molecule has 2 heterocycles. The number of aliphatic carboxylic acids is 1. The van der Waals surface area contributed by atoms with Crippen LogP contribution in [0.1, 0.15) is 21.9 Å². The molecule has 0 radical (unpaired) electrons. The normalized spacial score (nSPS) is 11.7. The van der Waals surface area contributed by atoms with E-state index in [0.717, 1.165) is 6.33 Å². The Labute approximate surface area is 153 Å². The van der Waals surface area contributed by atoms with Gasteiger partial charge in [-0.05, 0) is 17.1 Å². The number of imidazole rings is 1. The third-order valence-electron chi connectivity index (χ3n) is 3.55. The van der Waals surface area contributed by atoms with Gasteiger partial charge in [0.05, 0.1) is 5.69 Å². The van der Waals surface area contributed by atoms with Gasteiger partial charge in [0.2, 0.25) is 0 Å². The van der Waals surface area contributed by atoms with Crippen molar-refractivity contribution in [3.8, 4) is 0 Å². The molecule has 6 N–H and O–H groups in total. The van der Waals surface area contributed by atoms with Crippen molar-refractivity contribution in [3.05, 3.63) is 51.7 Å². The second kappa shape index (κ2) is 9.35. The maximum absolute atomic E-state index is 12.3. The van der Waals surface area contributed by atoms with E-state index >= 15 is 0 Å². The number of hydrogen-bond donors (Lipinski definition) is 5. The lowest BCUT2D eigenvalue weighted by atomic mass is 10.1. The van der Waals surface area contributed by atoms with Crippen molar-refractivity contribution in [2.75, 3.05) is 13.1 Å². The first-order valence-corrected chi connectivity index (χ1v) is 7.99. The first kappa shape index (κ1) is 19.9. The highest BCUT2D eigenvalue weighted by Gasteiger charge is 2.27. The van der Waals surface area contributed by atoms with Crippen molar-refractivity contribution in [1.29, 1.82) is 0 Å². The Bertz CT molecular complexity index is 822. The Kier molecular flexibility index (Phi) is 6.91. The Morgan fingerprint density at radius 3 is 2.85 bits per heavy atom. The molecule has 0 spiro atoms. The molecular weight excluding hydrogens is 358 g/mol. The van der Waals surface area contributed by atoms with Crippen molar-refractivity contribution >= 4 is 17.7 Å². The van der Waals surface area contributed by atoms with Crippen LogP contribution in [0.4, 0.5) is 5.82 Å². The highest BCUT2D eigenvalue weighted by molar-refractivity contribution is 5.95. The number of amides is 1. The summed E-state index contributed by atoms with van der Waals surface area (Å²) in [6.07, 6.45) is 0.742. The van der Waals surface area contributed by atoms with Gasteiger partial charge in [0.15, 0.2) is 6.33 Å². The van der Waals surface area contributed by atoms with Gasteiger partial charge in [-0.25, -0.2) is 19.7 Å². The van der Waals surface area contributed by atoms with E-state index in [9.17, 15) is 24.8 Å². The van der Waals surface area contributed by atoms with Crippen LogP contribution in [0.3, 0.4) is 0 Å². The van der Waals surface area contributed by atoms with Crippen LogP contribution in [0.15, 0.2) is 24.5 Å². The SMILES string of the molecule is NCCNCc1cccc(C(=O)NC(Cc2nc[nH]c2[N+](=O)[O-])C(=O)O)n1. The van der Waals surface area contributed by atoms with Gasteiger partial charge < -0.3 is 31.6 Å². The highest BCUT2D eigenvalue weighted by Crippen LogP contribution is 2.14. The van der Waals surface area contributed by atoms with Gasteiger partial charge in [0.25, 0.3) is 5.91 Å². The first-order valence-electron chi connectivity index (χ1n) is 7.99. The van der Waals surface area contributed by atoms with E-state index in [0.29, 0.717) is 25.3 Å². The third kappa shape index (κ3) is 5.55. The number of H-pyrrole nitrogens is 1. The number of pyridine rings is 1. The molecule has 12 nitrogen and oxygen atoms in total. The van der Waals surface area contributed by atoms with E-state index in [1.54, 1.807) is 12.1 Å². The zero-order valence-corrected chi connectivity index (χ0v) is 14.2. The molecule has 2 aromatic heterocycles. The molecule has 1 atom stereocenters. The van der Waals surface area contributed by atoms with Crippen molar-refractivity contribution < 1.29 is 19.6 Å². The molecule has 2 rings (SSSR count). The van der Waals surface area contributed by atoms with E-state index in [1.165, 1.54) is 6.07 Å². The number of nitrogens with zero attached hydrogens (tertiary/aromatic N) is 3. The number of carboxylic acid groups (broad SMARTS) is 1. The summed E-state index contributed by atoms with van der Waals surface area (Å²) in [5.74, 6) is -2.47. The van der Waals surface area contributed by atoms with Gasteiger partial charge in [-0.1, -0.05) is 6.07 Å². The summed E-state index contributed by atoms with van der Waals surface area (Å²) in [6.45, 7) is 1.45. The minimum atomic E-state index is -1.40. The van der Waals surface area contributed by atoms with Crippen LogP contribution in [0.5, 0.6) is 0 Å². The number of nitrogens with one attached hydrogen (secondary N) is 3. The smallest absolute Gasteiger partial charge is 0.343 e. The van der Waals surface area contributed by atoms with Crippen LogP contribution in [-0.2, 0) is 17.8 Å². The lowest BCUT2D eigenvalue weighted by Gasteiger charge is -2.13. The molecule has 0 aliphatic heterocycles. The lowest BCUT2D eigenvalue weighted by Crippen LogP contribution is -2.42. The van der Waals surface area contributed by atoms with E-state index in [2.05, 4.69) is 25.6 Å². The summed E-state index contributed by atoms with van der Waals surface area (Å²) in [6, 6.07) is 3.37. The van der Waals surface area contributed by atoms with Crippen LogP contribution in [0.25, 0.3) is 0 Å². The standard InChI is InChI=1S/C15H19N7O5/c16-4-5-17-7-9-2-1-3-10(20-9)14(23)21-12(15(24)25)6-11-13(22(26)27)19-8-18-11/h1-3,8,12,17H,4-7,16H2,(H,18,19)(H,21,23)(H,24,25). The molecule has 0 saturated heterocycles. The monoisotopic (exact) mass is 377 g/mol. The van der Waals surface area contributed by atoms with Gasteiger partial charge in [0.1, 0.15) is 17.4 Å². The van der Waals surface area contributed by atoms with E-state index < -0.39 is 28.7 Å². The molecule has 144 valence electrons. The molecule has 0 saturated carbocycles. The average molecular weight is 377 g/mol. The van der Waals surface area contributed by atoms with E-state index in [-0.39, 0.29) is 17.8 Å². The predicted octanol–water partition coefficient (Wildman–Crippen LogP) is -0.813. The van der Waals surface area contributed by atoms with E-state index in [4.69, 9.17) is 5.73 Å². The van der Waals surface area contributed by atoms with Crippen LogP contribution in [0.2, 0.25) is 0 Å². The fourth-order valence-electron chi connectivity index (χ4n) is 2.27. The summed E-state index contributed by atoms with van der Waals surface area (Å²) in [5.41, 5.74) is 5.94. The van der Waals surface area contributed by atoms with Crippen molar-refractivity contribution in [1.82, 2.24) is 25.6 Å². The second-order valence-corrected chi connectivity index (χ2v) is 5.50. The fraction of sp³-hybridized carbons (Fsp3) is 0.333. The number of carbonyl (C=O) groups is 2. The molecule has 0 bridgehead atoms. The zero-order valence-electron chi connectivity index (χ0n) is 14.2. The van der Waals surface area contributed by atoms with E-state index in [1.807, 2.05) is 0 Å². The number of aromatic amines is 1. The first-order chi connectivity index (χ1) is 12.9. The predicted molar refractivity (Wildman–Crippen MR) is 92.8 cm³/mol. The Morgan fingerprint density at radius 2 is 2.19 bits per heavy atom. The molecule has 0 aromatic carbocycles. The number of carboxylic acids is 1. The molecule has 0 aliphatic carbocycles. The van der Waals surface area contributed by atoms with Crippen LogP contribution >= 0.6 is 0 Å². The number of nitrogens with two attached hydrogens (primary N) is 1. The van der Waals surface area contributed by atoms with Crippen molar-refractivity contribution in [3.63, 3.8) is 0 Å². The molecule has 0 fully saturated rings. The summed E-state index contributed by atoms with van der Waals surface area (Å²) in [5, 5.41) is 25.6. The largest absolute Gasteiger partial charge is 0.480 e. The van der Waals surface area contributed by atoms with Crippen LogP contribution < -0.4 is 16.4 Å². The summed E-state index contributed by atoms with van der Waals surface area (Å²) >= 11 is 0. The average Bonchev–Trinajstić information content (AvgIpc) is 3.10. The topological polar surface area (TPSA) is 189 Å². The summed E-state index contributed by atoms with van der Waals surface area (Å²) < 4.78 is 0. The minimum absolute atomic E-state index is 0.0322. The second-order valence-electron chi connectivity index (χ2n) is 5.50. The Balaban J connectivity index is 2.08. The number of aromatic nitrogens is 3. The number of hydrogen-bond acceptors (Lipinski definition) is 8. The number of carbonyl (C=O) groups excluding carboxylic acids is 1. The maximum Gasteiger partial charge on any atom is 0.343 e.